The summed E-state index contributed by atoms with van der Waals surface area (Å²) in [6.07, 6.45) is -1.48. The Balaban J connectivity index is 2.07. The first-order chi connectivity index (χ1) is 9.11. The molecule has 1 saturated heterocycles. The lowest BCUT2D eigenvalue weighted by Gasteiger charge is -2.41. The molecule has 2 N–H and O–H groups in total. The summed E-state index contributed by atoms with van der Waals surface area (Å²) in [5.41, 5.74) is 5.56. The number of alkyl halides is 2. The Morgan fingerprint density at radius 1 is 1.37 bits per heavy atom. The second-order valence-electron chi connectivity index (χ2n) is 5.06. The molecule has 1 heterocycles. The maximum Gasteiger partial charge on any atom is 0.245 e. The molecule has 0 radical (unpaired) electrons. The van der Waals surface area contributed by atoms with Crippen LogP contribution in [0.5, 0.6) is 5.75 Å². The van der Waals surface area contributed by atoms with Gasteiger partial charge in [-0.25, -0.2) is 8.78 Å². The Hall–Kier alpha value is -1.36. The Morgan fingerprint density at radius 2 is 2.05 bits per heavy atom. The molecular weight excluding hydrogens is 250 g/mol. The van der Waals surface area contributed by atoms with E-state index in [-0.39, 0.29) is 6.54 Å². The van der Waals surface area contributed by atoms with Crippen LogP contribution in [0.3, 0.4) is 0 Å². The highest BCUT2D eigenvalue weighted by Crippen LogP contribution is 2.38. The van der Waals surface area contributed by atoms with Crippen LogP contribution in [0.15, 0.2) is 24.3 Å². The molecule has 0 bridgehead atoms. The summed E-state index contributed by atoms with van der Waals surface area (Å²) in [5, 5.41) is 0. The highest BCUT2D eigenvalue weighted by Gasteiger charge is 2.41. The number of halogens is 2. The predicted octanol–water partition coefficient (Wildman–Crippen LogP) is 2.51. The van der Waals surface area contributed by atoms with E-state index >= 15 is 0 Å². The Bertz CT molecular complexity index is 418. The van der Waals surface area contributed by atoms with Crippen molar-refractivity contribution in [3.8, 4) is 5.75 Å². The number of methoxy groups -OCH3 is 1. The van der Waals surface area contributed by atoms with Gasteiger partial charge in [-0.3, -0.25) is 0 Å². The van der Waals surface area contributed by atoms with E-state index < -0.39 is 11.8 Å². The number of anilines is 1. The first kappa shape index (κ1) is 14.1. The van der Waals surface area contributed by atoms with Gasteiger partial charge in [-0.15, -0.1) is 0 Å². The lowest BCUT2D eigenvalue weighted by molar-refractivity contribution is -0.0160. The highest BCUT2D eigenvalue weighted by atomic mass is 19.3. The predicted molar refractivity (Wildman–Crippen MR) is 71.9 cm³/mol. The molecule has 3 nitrogen and oxygen atoms in total. The van der Waals surface area contributed by atoms with Crippen LogP contribution in [0.25, 0.3) is 0 Å². The van der Waals surface area contributed by atoms with Gasteiger partial charge >= 0.3 is 0 Å². The molecule has 1 aliphatic rings. The fraction of sp³-hybridized carbons (Fsp3) is 0.571. The van der Waals surface area contributed by atoms with Crippen LogP contribution >= 0.6 is 0 Å². The minimum atomic E-state index is -2.34. The lowest BCUT2D eigenvalue weighted by Crippen LogP contribution is -2.48. The van der Waals surface area contributed by atoms with Gasteiger partial charge in [0.05, 0.1) is 7.11 Å². The first-order valence-corrected chi connectivity index (χ1v) is 6.48. The molecule has 1 aromatic rings. The van der Waals surface area contributed by atoms with Crippen molar-refractivity contribution in [1.29, 1.82) is 0 Å². The Kier molecular flexibility index (Phi) is 4.24. The standard InChI is InChI=1S/C14H20F2N2O/c1-19-12-4-2-3-11(9-12)18-7-5-14(10-17,6-8-18)13(15)16/h2-4,9,13H,5-8,10,17H2,1H3. The van der Waals surface area contributed by atoms with Gasteiger partial charge in [0.2, 0.25) is 6.43 Å². The molecule has 0 aromatic heterocycles. The molecule has 0 amide bonds. The van der Waals surface area contributed by atoms with Crippen LogP contribution in [0.2, 0.25) is 0 Å². The first-order valence-electron chi connectivity index (χ1n) is 6.48. The van der Waals surface area contributed by atoms with Gasteiger partial charge in [0.15, 0.2) is 0 Å². The molecule has 5 heteroatoms. The summed E-state index contributed by atoms with van der Waals surface area (Å²) in [5.74, 6) is 0.780. The molecule has 1 aliphatic heterocycles. The molecule has 1 fully saturated rings. The lowest BCUT2D eigenvalue weighted by atomic mass is 9.78. The van der Waals surface area contributed by atoms with Gasteiger partial charge in [-0.05, 0) is 25.0 Å². The van der Waals surface area contributed by atoms with Crippen molar-refractivity contribution in [2.45, 2.75) is 19.3 Å². The molecule has 0 saturated carbocycles. The molecule has 0 aliphatic carbocycles. The Morgan fingerprint density at radius 3 is 2.58 bits per heavy atom. The number of benzene rings is 1. The maximum absolute atomic E-state index is 13.1. The van der Waals surface area contributed by atoms with Crippen LogP contribution < -0.4 is 15.4 Å². The van der Waals surface area contributed by atoms with Gasteiger partial charge in [-0.2, -0.15) is 0 Å². The van der Waals surface area contributed by atoms with Gasteiger partial charge in [-0.1, -0.05) is 6.07 Å². The third kappa shape index (κ3) is 2.81. The quantitative estimate of drug-likeness (QED) is 0.913. The van der Waals surface area contributed by atoms with Gasteiger partial charge in [0, 0.05) is 36.8 Å². The summed E-state index contributed by atoms with van der Waals surface area (Å²) in [6, 6.07) is 7.68. The van der Waals surface area contributed by atoms with Crippen molar-refractivity contribution in [2.75, 3.05) is 31.6 Å². The number of nitrogens with zero attached hydrogens (tertiary/aromatic N) is 1. The summed E-state index contributed by atoms with van der Waals surface area (Å²) in [7, 11) is 1.62. The van der Waals surface area contributed by atoms with Gasteiger partial charge in [0.25, 0.3) is 0 Å². The van der Waals surface area contributed by atoms with E-state index in [0.29, 0.717) is 25.9 Å². The van der Waals surface area contributed by atoms with E-state index in [1.54, 1.807) is 7.11 Å². The zero-order valence-corrected chi connectivity index (χ0v) is 11.1. The topological polar surface area (TPSA) is 38.5 Å². The fourth-order valence-corrected chi connectivity index (χ4v) is 2.53. The minimum absolute atomic E-state index is 0.0522. The van der Waals surface area contributed by atoms with E-state index in [2.05, 4.69) is 4.90 Å². The highest BCUT2D eigenvalue weighted by molar-refractivity contribution is 5.51. The molecule has 0 atom stereocenters. The molecule has 2 rings (SSSR count). The third-order valence-corrected chi connectivity index (χ3v) is 4.05. The maximum atomic E-state index is 13.1. The molecule has 1 aromatic carbocycles. The largest absolute Gasteiger partial charge is 0.497 e. The third-order valence-electron chi connectivity index (χ3n) is 4.05. The summed E-state index contributed by atoms with van der Waals surface area (Å²) in [4.78, 5) is 2.11. The normalized spacial score (nSPS) is 18.7. The summed E-state index contributed by atoms with van der Waals surface area (Å²) in [6.45, 7) is 1.26. The average Bonchev–Trinajstić information content (AvgIpc) is 2.47. The minimum Gasteiger partial charge on any atom is -0.497 e. The van der Waals surface area contributed by atoms with Crippen molar-refractivity contribution in [3.63, 3.8) is 0 Å². The second-order valence-corrected chi connectivity index (χ2v) is 5.06. The average molecular weight is 270 g/mol. The zero-order chi connectivity index (χ0) is 13.9. The van der Waals surface area contributed by atoms with Crippen LogP contribution in [0.4, 0.5) is 14.5 Å². The van der Waals surface area contributed by atoms with Gasteiger partial charge < -0.3 is 15.4 Å². The number of rotatable bonds is 4. The molecule has 19 heavy (non-hydrogen) atoms. The number of hydrogen-bond donors (Lipinski definition) is 1. The van der Waals surface area contributed by atoms with Crippen LogP contribution in [-0.2, 0) is 0 Å². The Labute approximate surface area is 112 Å². The molecule has 0 spiro atoms. The monoisotopic (exact) mass is 270 g/mol. The van der Waals surface area contributed by atoms with Crippen molar-refractivity contribution < 1.29 is 13.5 Å². The van der Waals surface area contributed by atoms with Gasteiger partial charge in [0.1, 0.15) is 5.75 Å². The van der Waals surface area contributed by atoms with E-state index in [1.165, 1.54) is 0 Å². The summed E-state index contributed by atoms with van der Waals surface area (Å²) >= 11 is 0. The number of ether oxygens (including phenoxy) is 1. The zero-order valence-electron chi connectivity index (χ0n) is 11.1. The SMILES string of the molecule is COc1cccc(N2CCC(CN)(C(F)F)CC2)c1. The van der Waals surface area contributed by atoms with Crippen molar-refractivity contribution in [2.24, 2.45) is 11.1 Å². The van der Waals surface area contributed by atoms with Crippen LogP contribution in [-0.4, -0.2) is 33.2 Å². The van der Waals surface area contributed by atoms with E-state index in [0.717, 1.165) is 11.4 Å². The number of piperidine rings is 1. The van der Waals surface area contributed by atoms with E-state index in [4.69, 9.17) is 10.5 Å². The molecule has 106 valence electrons. The van der Waals surface area contributed by atoms with Crippen LogP contribution in [0.1, 0.15) is 12.8 Å². The second kappa shape index (κ2) is 5.74. The smallest absolute Gasteiger partial charge is 0.245 e. The number of nitrogens with two attached hydrogens (primary N) is 1. The van der Waals surface area contributed by atoms with E-state index in [9.17, 15) is 8.78 Å². The van der Waals surface area contributed by atoms with Crippen molar-refractivity contribution >= 4 is 5.69 Å². The summed E-state index contributed by atoms with van der Waals surface area (Å²) < 4.78 is 31.4. The molecular formula is C14H20F2N2O. The number of hydrogen-bond acceptors (Lipinski definition) is 3. The molecule has 0 unspecified atom stereocenters. The van der Waals surface area contributed by atoms with Crippen LogP contribution in [0, 0.1) is 5.41 Å². The van der Waals surface area contributed by atoms with E-state index in [1.807, 2.05) is 24.3 Å². The van der Waals surface area contributed by atoms with Crippen molar-refractivity contribution in [3.05, 3.63) is 24.3 Å². The fourth-order valence-electron chi connectivity index (χ4n) is 2.53. The van der Waals surface area contributed by atoms with Crippen molar-refractivity contribution in [1.82, 2.24) is 0 Å².